The van der Waals surface area contributed by atoms with Gasteiger partial charge in [0.05, 0.1) is 30.0 Å². The monoisotopic (exact) mass is 344 g/mol. The molecule has 1 aliphatic rings. The van der Waals surface area contributed by atoms with Crippen molar-refractivity contribution in [3.05, 3.63) is 41.8 Å². The second kappa shape index (κ2) is 7.06. The van der Waals surface area contributed by atoms with E-state index < -0.39 is 5.97 Å². The molecule has 0 saturated carbocycles. The minimum Gasteiger partial charge on any atom is -0.481 e. The molecule has 2 aromatic heterocycles. The van der Waals surface area contributed by atoms with Crippen LogP contribution in [0.5, 0.6) is 0 Å². The van der Waals surface area contributed by atoms with Gasteiger partial charge in [0.1, 0.15) is 5.69 Å². The van der Waals surface area contributed by atoms with E-state index in [1.165, 1.54) is 0 Å². The molecule has 1 amide bonds. The first-order chi connectivity index (χ1) is 12.0. The van der Waals surface area contributed by atoms with E-state index in [1.807, 2.05) is 0 Å². The number of pyridine rings is 1. The number of furan rings is 1. The number of amides is 1. The molecule has 0 bridgehead atoms. The van der Waals surface area contributed by atoms with Crippen LogP contribution in [0.4, 0.5) is 0 Å². The average molecular weight is 344 g/mol. The zero-order valence-electron chi connectivity index (χ0n) is 14.1. The van der Waals surface area contributed by atoms with Gasteiger partial charge in [-0.2, -0.15) is 0 Å². The summed E-state index contributed by atoms with van der Waals surface area (Å²) in [5.41, 5.74) is 1.69. The van der Waals surface area contributed by atoms with Crippen LogP contribution in [0.2, 0.25) is 0 Å². The van der Waals surface area contributed by atoms with Gasteiger partial charge in [-0.15, -0.1) is 0 Å². The van der Waals surface area contributed by atoms with Gasteiger partial charge in [0.25, 0.3) is 5.91 Å². The number of likely N-dealkylation sites (tertiary alicyclic amines) is 1. The Morgan fingerprint density at radius 2 is 2.20 bits per heavy atom. The summed E-state index contributed by atoms with van der Waals surface area (Å²) in [6.45, 7) is 2.14. The molecule has 0 aliphatic carbocycles. The van der Waals surface area contributed by atoms with Gasteiger partial charge >= 0.3 is 5.97 Å². The highest BCUT2D eigenvalue weighted by Crippen LogP contribution is 2.26. The predicted molar refractivity (Wildman–Crippen MR) is 89.2 cm³/mol. The van der Waals surface area contributed by atoms with Gasteiger partial charge in [-0.3, -0.25) is 9.59 Å². The van der Waals surface area contributed by atoms with Gasteiger partial charge in [-0.25, -0.2) is 4.98 Å². The number of carboxylic acid groups (broad SMARTS) is 1. The van der Waals surface area contributed by atoms with Crippen molar-refractivity contribution in [3.8, 4) is 11.5 Å². The van der Waals surface area contributed by atoms with E-state index in [-0.39, 0.29) is 24.5 Å². The first-order valence-electron chi connectivity index (χ1n) is 8.06. The fraction of sp³-hybridized carbons (Fsp3) is 0.389. The largest absolute Gasteiger partial charge is 0.481 e. The number of aryl methyl sites for hydroxylation is 1. The summed E-state index contributed by atoms with van der Waals surface area (Å²) in [4.78, 5) is 30.1. The fourth-order valence-corrected chi connectivity index (χ4v) is 3.19. The van der Waals surface area contributed by atoms with Gasteiger partial charge in [0.15, 0.2) is 5.76 Å². The third kappa shape index (κ3) is 3.56. The third-order valence-corrected chi connectivity index (χ3v) is 4.47. The Kier molecular flexibility index (Phi) is 4.85. The maximum atomic E-state index is 12.9. The molecular formula is C18H20N2O5. The molecule has 2 unspecified atom stereocenters. The van der Waals surface area contributed by atoms with Crippen LogP contribution in [0.3, 0.4) is 0 Å². The summed E-state index contributed by atoms with van der Waals surface area (Å²) in [5, 5.41) is 9.10. The molecule has 3 heterocycles. The lowest BCUT2D eigenvalue weighted by Gasteiger charge is -2.24. The molecule has 1 aliphatic heterocycles. The van der Waals surface area contributed by atoms with E-state index in [1.54, 1.807) is 49.5 Å². The number of carbonyl (C=O) groups excluding carboxylic acids is 1. The van der Waals surface area contributed by atoms with E-state index in [9.17, 15) is 9.59 Å². The number of methoxy groups -OCH3 is 1. The maximum absolute atomic E-state index is 12.9. The van der Waals surface area contributed by atoms with Gasteiger partial charge in [-0.1, -0.05) is 0 Å². The molecule has 0 spiro atoms. The molecule has 0 aromatic carbocycles. The molecule has 3 rings (SSSR count). The highest BCUT2D eigenvalue weighted by Gasteiger charge is 2.37. The minimum atomic E-state index is -0.928. The quantitative estimate of drug-likeness (QED) is 0.895. The standard InChI is InChI=1S/C18H20N2O5/c1-11-14(5-6-15(19-11)16-4-3-7-25-16)18(23)20-10-13(24-2)8-12(20)9-17(21)22/h3-7,12-13H,8-10H2,1-2H3,(H,21,22). The van der Waals surface area contributed by atoms with Crippen molar-refractivity contribution in [3.63, 3.8) is 0 Å². The average Bonchev–Trinajstić information content (AvgIpc) is 3.23. The number of aliphatic carboxylic acids is 1. The number of carbonyl (C=O) groups is 2. The third-order valence-electron chi connectivity index (χ3n) is 4.47. The van der Waals surface area contributed by atoms with Crippen LogP contribution in [0.1, 0.15) is 28.9 Å². The molecule has 25 heavy (non-hydrogen) atoms. The Hall–Kier alpha value is -2.67. The fourth-order valence-electron chi connectivity index (χ4n) is 3.19. The van der Waals surface area contributed by atoms with E-state index in [4.69, 9.17) is 14.3 Å². The molecular weight excluding hydrogens is 324 g/mol. The number of rotatable bonds is 5. The van der Waals surface area contributed by atoms with Gasteiger partial charge in [0.2, 0.25) is 0 Å². The number of aromatic nitrogens is 1. The highest BCUT2D eigenvalue weighted by molar-refractivity contribution is 5.96. The van der Waals surface area contributed by atoms with Crippen LogP contribution in [0.25, 0.3) is 11.5 Å². The smallest absolute Gasteiger partial charge is 0.305 e. The van der Waals surface area contributed by atoms with Crippen molar-refractivity contribution < 1.29 is 23.8 Å². The number of hydrogen-bond donors (Lipinski definition) is 1. The van der Waals surface area contributed by atoms with Crippen LogP contribution in [-0.2, 0) is 9.53 Å². The molecule has 1 fully saturated rings. The predicted octanol–water partition coefficient (Wildman–Crippen LogP) is 2.35. The first kappa shape index (κ1) is 17.2. The van der Waals surface area contributed by atoms with Crippen molar-refractivity contribution in [2.75, 3.05) is 13.7 Å². The van der Waals surface area contributed by atoms with E-state index in [0.29, 0.717) is 35.7 Å². The maximum Gasteiger partial charge on any atom is 0.305 e. The minimum absolute atomic E-state index is 0.0947. The molecule has 1 N–H and O–H groups in total. The van der Waals surface area contributed by atoms with Crippen LogP contribution < -0.4 is 0 Å². The Bertz CT molecular complexity index is 772. The molecule has 132 valence electrons. The van der Waals surface area contributed by atoms with Crippen molar-refractivity contribution in [1.82, 2.24) is 9.88 Å². The second-order valence-electron chi connectivity index (χ2n) is 6.11. The van der Waals surface area contributed by atoms with Gasteiger partial charge in [0, 0.05) is 19.7 Å². The topological polar surface area (TPSA) is 92.9 Å². The van der Waals surface area contributed by atoms with Crippen molar-refractivity contribution in [1.29, 1.82) is 0 Å². The molecule has 7 heteroatoms. The normalized spacial score (nSPS) is 20.0. The van der Waals surface area contributed by atoms with Gasteiger partial charge in [-0.05, 0) is 37.6 Å². The van der Waals surface area contributed by atoms with E-state index in [0.717, 1.165) is 0 Å². The van der Waals surface area contributed by atoms with Crippen molar-refractivity contribution >= 4 is 11.9 Å². The Morgan fingerprint density at radius 1 is 1.40 bits per heavy atom. The number of hydrogen-bond acceptors (Lipinski definition) is 5. The van der Waals surface area contributed by atoms with Gasteiger partial charge < -0.3 is 19.2 Å². The Morgan fingerprint density at radius 3 is 2.80 bits per heavy atom. The summed E-state index contributed by atoms with van der Waals surface area (Å²) < 4.78 is 10.6. The molecule has 0 radical (unpaired) electrons. The lowest BCUT2D eigenvalue weighted by atomic mass is 10.1. The second-order valence-corrected chi connectivity index (χ2v) is 6.11. The van der Waals surface area contributed by atoms with Crippen molar-refractivity contribution in [2.45, 2.75) is 31.9 Å². The molecule has 7 nitrogen and oxygen atoms in total. The summed E-state index contributed by atoms with van der Waals surface area (Å²) in [6, 6.07) is 6.64. The van der Waals surface area contributed by atoms with Crippen LogP contribution in [0.15, 0.2) is 34.9 Å². The highest BCUT2D eigenvalue weighted by atomic mass is 16.5. The summed E-state index contributed by atoms with van der Waals surface area (Å²) in [7, 11) is 1.57. The first-order valence-corrected chi connectivity index (χ1v) is 8.06. The van der Waals surface area contributed by atoms with E-state index in [2.05, 4.69) is 4.98 Å². The number of carboxylic acids is 1. The summed E-state index contributed by atoms with van der Waals surface area (Å²) in [6.07, 6.45) is 1.84. The van der Waals surface area contributed by atoms with Crippen molar-refractivity contribution in [2.24, 2.45) is 0 Å². The van der Waals surface area contributed by atoms with Crippen LogP contribution >= 0.6 is 0 Å². The molecule has 2 aromatic rings. The zero-order valence-corrected chi connectivity index (χ0v) is 14.1. The zero-order chi connectivity index (χ0) is 18.0. The lowest BCUT2D eigenvalue weighted by Crippen LogP contribution is -2.37. The number of nitrogens with zero attached hydrogens (tertiary/aromatic N) is 2. The molecule has 1 saturated heterocycles. The summed E-state index contributed by atoms with van der Waals surface area (Å²) in [5.74, 6) is -0.518. The van der Waals surface area contributed by atoms with E-state index >= 15 is 0 Å². The van der Waals surface area contributed by atoms with Crippen LogP contribution in [0, 0.1) is 6.92 Å². The lowest BCUT2D eigenvalue weighted by molar-refractivity contribution is -0.137. The van der Waals surface area contributed by atoms with Crippen LogP contribution in [-0.4, -0.2) is 52.7 Å². The molecule has 2 atom stereocenters. The summed E-state index contributed by atoms with van der Waals surface area (Å²) >= 11 is 0. The number of ether oxygens (including phenoxy) is 1. The SMILES string of the molecule is COC1CC(CC(=O)O)N(C(=O)c2ccc(-c3ccco3)nc2C)C1. The Labute approximate surface area is 145 Å². The Balaban J connectivity index is 1.85.